The van der Waals surface area contributed by atoms with Crippen molar-refractivity contribution in [1.29, 1.82) is 0 Å². The van der Waals surface area contributed by atoms with Crippen LogP contribution in [0.1, 0.15) is 20.3 Å². The predicted octanol–water partition coefficient (Wildman–Crippen LogP) is 3.18. The highest BCUT2D eigenvalue weighted by Crippen LogP contribution is 2.24. The third-order valence-corrected chi connectivity index (χ3v) is 3.31. The summed E-state index contributed by atoms with van der Waals surface area (Å²) in [6.45, 7) is 4.24. The minimum absolute atomic E-state index is 0.0519. The van der Waals surface area contributed by atoms with Crippen LogP contribution in [0.25, 0.3) is 11.3 Å². The number of halogens is 1. The number of aliphatic hydroxyl groups is 1. The Hall–Kier alpha value is -1.85. The van der Waals surface area contributed by atoms with E-state index < -0.39 is 0 Å². The zero-order valence-electron chi connectivity index (χ0n) is 12.7. The number of nitrogens with one attached hydrogen (secondary N) is 1. The number of amides is 1. The summed E-state index contributed by atoms with van der Waals surface area (Å²) in [6, 6.07) is 9.14. The van der Waals surface area contributed by atoms with E-state index in [4.69, 9.17) is 16.7 Å². The van der Waals surface area contributed by atoms with E-state index in [1.807, 2.05) is 32.0 Å². The summed E-state index contributed by atoms with van der Waals surface area (Å²) in [7, 11) is 0. The molecule has 0 radical (unpaired) electrons. The number of aliphatic hydroxyl groups excluding tert-OH is 1. The van der Waals surface area contributed by atoms with Crippen molar-refractivity contribution in [2.45, 2.75) is 26.8 Å². The zero-order valence-corrected chi connectivity index (χ0v) is 13.5. The first-order valence-electron chi connectivity index (χ1n) is 7.24. The van der Waals surface area contributed by atoms with E-state index in [0.29, 0.717) is 29.5 Å². The number of rotatable bonds is 6. The van der Waals surface area contributed by atoms with E-state index in [0.717, 1.165) is 5.56 Å². The summed E-state index contributed by atoms with van der Waals surface area (Å²) in [4.78, 5) is 11.9. The van der Waals surface area contributed by atoms with Crippen LogP contribution in [0.3, 0.4) is 0 Å². The van der Waals surface area contributed by atoms with E-state index in [2.05, 4.69) is 10.4 Å². The molecule has 1 amide bonds. The van der Waals surface area contributed by atoms with Gasteiger partial charge in [-0.3, -0.25) is 4.79 Å². The SMILES string of the molecule is CC(C)CC(=O)Nc1cc(-c2cccc(Cl)c2)nn1CCO. The summed E-state index contributed by atoms with van der Waals surface area (Å²) < 4.78 is 1.59. The Balaban J connectivity index is 2.27. The van der Waals surface area contributed by atoms with Crippen molar-refractivity contribution in [1.82, 2.24) is 9.78 Å². The summed E-state index contributed by atoms with van der Waals surface area (Å²) in [5.74, 6) is 0.794. The van der Waals surface area contributed by atoms with Crippen LogP contribution >= 0.6 is 11.6 Å². The number of benzene rings is 1. The Bertz CT molecular complexity index is 653. The summed E-state index contributed by atoms with van der Waals surface area (Å²) in [6.07, 6.45) is 0.441. The Morgan fingerprint density at radius 3 is 2.82 bits per heavy atom. The normalized spacial score (nSPS) is 11.0. The third-order valence-electron chi connectivity index (χ3n) is 3.07. The molecule has 0 unspecified atom stereocenters. The molecule has 118 valence electrons. The van der Waals surface area contributed by atoms with Crippen molar-refractivity contribution in [3.8, 4) is 11.3 Å². The Morgan fingerprint density at radius 2 is 2.18 bits per heavy atom. The molecule has 5 nitrogen and oxygen atoms in total. The van der Waals surface area contributed by atoms with E-state index in [1.165, 1.54) is 0 Å². The maximum atomic E-state index is 11.9. The fourth-order valence-corrected chi connectivity index (χ4v) is 2.33. The molecule has 1 aromatic carbocycles. The smallest absolute Gasteiger partial charge is 0.225 e. The van der Waals surface area contributed by atoms with Gasteiger partial charge in [0.25, 0.3) is 0 Å². The van der Waals surface area contributed by atoms with Crippen molar-refractivity contribution in [2.75, 3.05) is 11.9 Å². The van der Waals surface area contributed by atoms with E-state index in [9.17, 15) is 4.79 Å². The fourth-order valence-electron chi connectivity index (χ4n) is 2.14. The molecule has 2 N–H and O–H groups in total. The summed E-state index contributed by atoms with van der Waals surface area (Å²) in [5, 5.41) is 17.1. The number of anilines is 1. The van der Waals surface area contributed by atoms with Crippen LogP contribution in [-0.4, -0.2) is 27.4 Å². The van der Waals surface area contributed by atoms with Gasteiger partial charge in [-0.05, 0) is 18.1 Å². The number of aromatic nitrogens is 2. The van der Waals surface area contributed by atoms with Crippen molar-refractivity contribution in [3.63, 3.8) is 0 Å². The molecule has 0 aliphatic rings. The second-order valence-corrected chi connectivity index (χ2v) is 5.95. The molecule has 1 heterocycles. The number of hydrogen-bond donors (Lipinski definition) is 2. The van der Waals surface area contributed by atoms with Gasteiger partial charge in [0, 0.05) is 23.1 Å². The van der Waals surface area contributed by atoms with Gasteiger partial charge in [0.05, 0.1) is 18.8 Å². The second-order valence-electron chi connectivity index (χ2n) is 5.52. The van der Waals surface area contributed by atoms with Gasteiger partial charge in [-0.1, -0.05) is 37.6 Å². The zero-order chi connectivity index (χ0) is 16.1. The molecule has 0 aliphatic heterocycles. The average Bonchev–Trinajstić information content (AvgIpc) is 2.81. The topological polar surface area (TPSA) is 67.2 Å². The second kappa shape index (κ2) is 7.42. The first kappa shape index (κ1) is 16.5. The quantitative estimate of drug-likeness (QED) is 0.858. The Kier molecular flexibility index (Phi) is 5.57. The first-order valence-corrected chi connectivity index (χ1v) is 7.62. The minimum atomic E-state index is -0.0632. The molecule has 0 saturated heterocycles. The van der Waals surface area contributed by atoms with Gasteiger partial charge >= 0.3 is 0 Å². The van der Waals surface area contributed by atoms with Gasteiger partial charge in [-0.2, -0.15) is 5.10 Å². The monoisotopic (exact) mass is 321 g/mol. The van der Waals surface area contributed by atoms with Gasteiger partial charge < -0.3 is 10.4 Å². The van der Waals surface area contributed by atoms with Crippen LogP contribution in [0.4, 0.5) is 5.82 Å². The lowest BCUT2D eigenvalue weighted by Crippen LogP contribution is -2.17. The molecule has 6 heteroatoms. The molecule has 22 heavy (non-hydrogen) atoms. The number of carbonyl (C=O) groups is 1. The first-order chi connectivity index (χ1) is 10.5. The molecular formula is C16H20ClN3O2. The number of carbonyl (C=O) groups excluding carboxylic acids is 1. The lowest BCUT2D eigenvalue weighted by atomic mass is 10.1. The molecule has 0 atom stereocenters. The van der Waals surface area contributed by atoms with E-state index in [-0.39, 0.29) is 18.4 Å². The van der Waals surface area contributed by atoms with Crippen molar-refractivity contribution < 1.29 is 9.90 Å². The standard InChI is InChI=1S/C16H20ClN3O2/c1-11(2)8-16(22)18-15-10-14(19-20(15)6-7-21)12-4-3-5-13(17)9-12/h3-5,9-11,21H,6-8H2,1-2H3,(H,18,22). The highest BCUT2D eigenvalue weighted by Gasteiger charge is 2.13. The van der Waals surface area contributed by atoms with Crippen LogP contribution < -0.4 is 5.32 Å². The molecule has 2 rings (SSSR count). The highest BCUT2D eigenvalue weighted by molar-refractivity contribution is 6.30. The van der Waals surface area contributed by atoms with Gasteiger partial charge in [0.15, 0.2) is 0 Å². The Labute approximate surface area is 134 Å². The predicted molar refractivity (Wildman–Crippen MR) is 87.8 cm³/mol. The third kappa shape index (κ3) is 4.32. The van der Waals surface area contributed by atoms with Gasteiger partial charge in [-0.25, -0.2) is 4.68 Å². The lowest BCUT2D eigenvalue weighted by molar-refractivity contribution is -0.116. The summed E-state index contributed by atoms with van der Waals surface area (Å²) >= 11 is 6.00. The molecule has 2 aromatic rings. The van der Waals surface area contributed by atoms with Crippen LogP contribution in [0, 0.1) is 5.92 Å². The van der Waals surface area contributed by atoms with E-state index >= 15 is 0 Å². The van der Waals surface area contributed by atoms with Crippen LogP contribution in [0.2, 0.25) is 5.02 Å². The number of hydrogen-bond acceptors (Lipinski definition) is 3. The van der Waals surface area contributed by atoms with Gasteiger partial charge in [0.1, 0.15) is 5.82 Å². The van der Waals surface area contributed by atoms with Crippen LogP contribution in [-0.2, 0) is 11.3 Å². The molecule has 0 saturated carbocycles. The molecular weight excluding hydrogens is 302 g/mol. The molecule has 1 aromatic heterocycles. The van der Waals surface area contributed by atoms with Gasteiger partial charge in [-0.15, -0.1) is 0 Å². The van der Waals surface area contributed by atoms with Crippen LogP contribution in [0.5, 0.6) is 0 Å². The molecule has 0 spiro atoms. The maximum Gasteiger partial charge on any atom is 0.225 e. The van der Waals surface area contributed by atoms with Crippen molar-refractivity contribution >= 4 is 23.3 Å². The lowest BCUT2D eigenvalue weighted by Gasteiger charge is -2.08. The molecule has 0 fully saturated rings. The van der Waals surface area contributed by atoms with Crippen molar-refractivity contribution in [2.24, 2.45) is 5.92 Å². The largest absolute Gasteiger partial charge is 0.394 e. The van der Waals surface area contributed by atoms with E-state index in [1.54, 1.807) is 16.8 Å². The maximum absolute atomic E-state index is 11.9. The number of nitrogens with zero attached hydrogens (tertiary/aromatic N) is 2. The van der Waals surface area contributed by atoms with Crippen molar-refractivity contribution in [3.05, 3.63) is 35.4 Å². The molecule has 0 aliphatic carbocycles. The van der Waals surface area contributed by atoms with Gasteiger partial charge in [0.2, 0.25) is 5.91 Å². The highest BCUT2D eigenvalue weighted by atomic mass is 35.5. The fraction of sp³-hybridized carbons (Fsp3) is 0.375. The average molecular weight is 322 g/mol. The Morgan fingerprint density at radius 1 is 1.41 bits per heavy atom. The summed E-state index contributed by atoms with van der Waals surface area (Å²) in [5.41, 5.74) is 1.57. The molecule has 0 bridgehead atoms. The van der Waals surface area contributed by atoms with Crippen LogP contribution in [0.15, 0.2) is 30.3 Å². The minimum Gasteiger partial charge on any atom is -0.394 e.